The SMILES string of the molecule is COc1ccc(OC)c(S(=O)(=O)N[C@@H](C)c2ccccc2OC)c1. The van der Waals surface area contributed by atoms with E-state index >= 15 is 0 Å². The van der Waals surface area contributed by atoms with Gasteiger partial charge in [0.05, 0.1) is 21.3 Å². The summed E-state index contributed by atoms with van der Waals surface area (Å²) >= 11 is 0. The Labute approximate surface area is 142 Å². The Morgan fingerprint density at radius 1 is 0.917 bits per heavy atom. The van der Waals surface area contributed by atoms with E-state index in [0.717, 1.165) is 5.56 Å². The molecule has 0 aromatic heterocycles. The third-order valence-electron chi connectivity index (χ3n) is 3.60. The number of ether oxygens (including phenoxy) is 3. The van der Waals surface area contributed by atoms with Gasteiger partial charge >= 0.3 is 0 Å². The van der Waals surface area contributed by atoms with Crippen LogP contribution in [0.25, 0.3) is 0 Å². The number of hydrogen-bond donors (Lipinski definition) is 1. The summed E-state index contributed by atoms with van der Waals surface area (Å²) < 4.78 is 43.8. The molecule has 0 bridgehead atoms. The summed E-state index contributed by atoms with van der Waals surface area (Å²) in [7, 11) is 0.625. The van der Waals surface area contributed by atoms with Crippen molar-refractivity contribution < 1.29 is 22.6 Å². The van der Waals surface area contributed by atoms with Crippen molar-refractivity contribution in [3.8, 4) is 17.2 Å². The van der Waals surface area contributed by atoms with Crippen LogP contribution >= 0.6 is 0 Å². The number of sulfonamides is 1. The van der Waals surface area contributed by atoms with E-state index in [2.05, 4.69) is 4.72 Å². The van der Waals surface area contributed by atoms with E-state index in [1.54, 1.807) is 32.2 Å². The van der Waals surface area contributed by atoms with Gasteiger partial charge in [0.15, 0.2) is 0 Å². The molecule has 2 aromatic carbocycles. The molecule has 2 rings (SSSR count). The van der Waals surface area contributed by atoms with E-state index in [4.69, 9.17) is 14.2 Å². The highest BCUT2D eigenvalue weighted by Crippen LogP contribution is 2.31. The Morgan fingerprint density at radius 2 is 1.58 bits per heavy atom. The smallest absolute Gasteiger partial charge is 0.244 e. The van der Waals surface area contributed by atoms with Crippen LogP contribution in [0.5, 0.6) is 17.2 Å². The van der Waals surface area contributed by atoms with E-state index in [1.165, 1.54) is 20.3 Å². The highest BCUT2D eigenvalue weighted by Gasteiger charge is 2.24. The molecule has 7 heteroatoms. The van der Waals surface area contributed by atoms with E-state index in [0.29, 0.717) is 11.5 Å². The maximum Gasteiger partial charge on any atom is 0.244 e. The summed E-state index contributed by atoms with van der Waals surface area (Å²) in [6.45, 7) is 1.75. The van der Waals surface area contributed by atoms with Crippen molar-refractivity contribution in [3.63, 3.8) is 0 Å². The van der Waals surface area contributed by atoms with Gasteiger partial charge in [0, 0.05) is 17.7 Å². The normalized spacial score (nSPS) is 12.5. The van der Waals surface area contributed by atoms with Crippen molar-refractivity contribution in [3.05, 3.63) is 48.0 Å². The van der Waals surface area contributed by atoms with E-state index in [9.17, 15) is 8.42 Å². The Bertz CT molecular complexity index is 804. The van der Waals surface area contributed by atoms with Crippen LogP contribution in [-0.2, 0) is 10.0 Å². The maximum absolute atomic E-state index is 12.8. The monoisotopic (exact) mass is 351 g/mol. The zero-order valence-electron chi connectivity index (χ0n) is 14.1. The maximum atomic E-state index is 12.8. The van der Waals surface area contributed by atoms with E-state index < -0.39 is 16.1 Å². The van der Waals surface area contributed by atoms with Crippen LogP contribution in [0.4, 0.5) is 0 Å². The molecule has 0 amide bonds. The molecule has 0 fully saturated rings. The van der Waals surface area contributed by atoms with Crippen LogP contribution in [0, 0.1) is 0 Å². The van der Waals surface area contributed by atoms with Gasteiger partial charge in [-0.25, -0.2) is 13.1 Å². The first-order chi connectivity index (χ1) is 11.4. The minimum absolute atomic E-state index is 0.0195. The lowest BCUT2D eigenvalue weighted by molar-refractivity contribution is 0.391. The fraction of sp³-hybridized carbons (Fsp3) is 0.294. The summed E-state index contributed by atoms with van der Waals surface area (Å²) in [4.78, 5) is 0.0195. The molecular formula is C17H21NO5S. The molecule has 0 saturated carbocycles. The van der Waals surface area contributed by atoms with Crippen LogP contribution in [0.3, 0.4) is 0 Å². The summed E-state index contributed by atoms with van der Waals surface area (Å²) in [6, 6.07) is 11.4. The average Bonchev–Trinajstić information content (AvgIpc) is 2.60. The van der Waals surface area contributed by atoms with Gasteiger partial charge in [0.1, 0.15) is 22.1 Å². The molecule has 6 nitrogen and oxygen atoms in total. The Morgan fingerprint density at radius 3 is 2.21 bits per heavy atom. The van der Waals surface area contributed by atoms with Gasteiger partial charge in [-0.15, -0.1) is 0 Å². The molecule has 0 saturated heterocycles. The molecule has 1 N–H and O–H groups in total. The minimum atomic E-state index is -3.82. The average molecular weight is 351 g/mol. The van der Waals surface area contributed by atoms with Crippen molar-refractivity contribution in [2.24, 2.45) is 0 Å². The Kier molecular flexibility index (Phi) is 5.69. The quantitative estimate of drug-likeness (QED) is 0.830. The summed E-state index contributed by atoms with van der Waals surface area (Å²) in [5.74, 6) is 1.29. The second-order valence-corrected chi connectivity index (χ2v) is 6.78. The number of hydrogen-bond acceptors (Lipinski definition) is 5. The highest BCUT2D eigenvalue weighted by atomic mass is 32.2. The molecule has 0 unspecified atom stereocenters. The molecule has 0 radical (unpaired) electrons. The summed E-state index contributed by atoms with van der Waals surface area (Å²) in [5, 5.41) is 0. The topological polar surface area (TPSA) is 73.9 Å². The molecule has 0 aliphatic carbocycles. The number of para-hydroxylation sites is 1. The predicted octanol–water partition coefficient (Wildman–Crippen LogP) is 2.75. The number of methoxy groups -OCH3 is 3. The molecule has 0 aliphatic rings. The molecule has 0 spiro atoms. The number of rotatable bonds is 7. The van der Waals surface area contributed by atoms with Crippen LogP contribution in [0.1, 0.15) is 18.5 Å². The molecule has 2 aromatic rings. The van der Waals surface area contributed by atoms with Crippen molar-refractivity contribution in [1.29, 1.82) is 0 Å². The standard InChI is InChI=1S/C17H21NO5S/c1-12(14-7-5-6-8-15(14)22-3)18-24(19,20)17-11-13(21-2)9-10-16(17)23-4/h5-12,18H,1-4H3/t12-/m0/s1. The highest BCUT2D eigenvalue weighted by molar-refractivity contribution is 7.89. The first-order valence-electron chi connectivity index (χ1n) is 7.30. The third kappa shape index (κ3) is 3.80. The van der Waals surface area contributed by atoms with Crippen LogP contribution < -0.4 is 18.9 Å². The van der Waals surface area contributed by atoms with E-state index in [-0.39, 0.29) is 10.6 Å². The van der Waals surface area contributed by atoms with Gasteiger partial charge in [-0.2, -0.15) is 0 Å². The molecule has 1 atom stereocenters. The fourth-order valence-electron chi connectivity index (χ4n) is 2.38. The molecule has 130 valence electrons. The zero-order valence-corrected chi connectivity index (χ0v) is 14.9. The molecule has 0 aliphatic heterocycles. The van der Waals surface area contributed by atoms with Gasteiger partial charge in [0.2, 0.25) is 10.0 Å². The van der Waals surface area contributed by atoms with Crippen LogP contribution in [0.2, 0.25) is 0 Å². The van der Waals surface area contributed by atoms with Crippen LogP contribution in [-0.4, -0.2) is 29.7 Å². The second kappa shape index (κ2) is 7.55. The van der Waals surface area contributed by atoms with Gasteiger partial charge in [-0.05, 0) is 25.1 Å². The van der Waals surface area contributed by atoms with Gasteiger partial charge in [-0.3, -0.25) is 0 Å². The Hall–Kier alpha value is -2.25. The molecule has 24 heavy (non-hydrogen) atoms. The van der Waals surface area contributed by atoms with Crippen molar-refractivity contribution in [2.75, 3.05) is 21.3 Å². The summed E-state index contributed by atoms with van der Waals surface area (Å²) in [6.07, 6.45) is 0. The second-order valence-electron chi connectivity index (χ2n) is 5.10. The number of nitrogens with one attached hydrogen (secondary N) is 1. The zero-order chi connectivity index (χ0) is 17.7. The van der Waals surface area contributed by atoms with Crippen molar-refractivity contribution in [1.82, 2.24) is 4.72 Å². The minimum Gasteiger partial charge on any atom is -0.497 e. The predicted molar refractivity (Wildman–Crippen MR) is 91.3 cm³/mol. The third-order valence-corrected chi connectivity index (χ3v) is 5.16. The first-order valence-corrected chi connectivity index (χ1v) is 8.78. The first kappa shape index (κ1) is 18.1. The molecular weight excluding hydrogens is 330 g/mol. The van der Waals surface area contributed by atoms with Gasteiger partial charge < -0.3 is 14.2 Å². The fourth-order valence-corrected chi connectivity index (χ4v) is 3.78. The van der Waals surface area contributed by atoms with Crippen LogP contribution in [0.15, 0.2) is 47.4 Å². The van der Waals surface area contributed by atoms with E-state index in [1.807, 2.05) is 18.2 Å². The lowest BCUT2D eigenvalue weighted by Crippen LogP contribution is -2.27. The lowest BCUT2D eigenvalue weighted by atomic mass is 10.1. The van der Waals surface area contributed by atoms with Gasteiger partial charge in [-0.1, -0.05) is 18.2 Å². The summed E-state index contributed by atoms with van der Waals surface area (Å²) in [5.41, 5.74) is 0.741. The van der Waals surface area contributed by atoms with Gasteiger partial charge in [0.25, 0.3) is 0 Å². The largest absolute Gasteiger partial charge is 0.497 e. The van der Waals surface area contributed by atoms with Crippen molar-refractivity contribution >= 4 is 10.0 Å². The van der Waals surface area contributed by atoms with Crippen molar-refractivity contribution in [2.45, 2.75) is 17.9 Å². The Balaban J connectivity index is 2.38. The molecule has 0 heterocycles. The number of benzene rings is 2. The lowest BCUT2D eigenvalue weighted by Gasteiger charge is -2.18.